The van der Waals surface area contributed by atoms with E-state index in [0.717, 1.165) is 0 Å². The summed E-state index contributed by atoms with van der Waals surface area (Å²) in [6.45, 7) is 7.22. The van der Waals surface area contributed by atoms with Crippen LogP contribution in [0.1, 0.15) is 20.3 Å². The van der Waals surface area contributed by atoms with Crippen LogP contribution >= 0.6 is 0 Å². The number of esters is 1. The number of carbonyl (C=O) groups is 1. The molecule has 0 spiro atoms. The van der Waals surface area contributed by atoms with E-state index in [4.69, 9.17) is 19.5 Å². The zero-order valence-electron chi connectivity index (χ0n) is 9.86. The van der Waals surface area contributed by atoms with Crippen molar-refractivity contribution in [1.82, 2.24) is 0 Å². The summed E-state index contributed by atoms with van der Waals surface area (Å²) in [5.74, 6) is -0.751. The molecule has 16 heavy (non-hydrogen) atoms. The minimum atomic E-state index is -0.751. The Morgan fingerprint density at radius 3 is 2.62 bits per heavy atom. The van der Waals surface area contributed by atoms with Crippen LogP contribution in [0.2, 0.25) is 0 Å². The van der Waals surface area contributed by atoms with Crippen LogP contribution < -0.4 is 0 Å². The highest BCUT2D eigenvalue weighted by Crippen LogP contribution is 2.05. The first-order valence-corrected chi connectivity index (χ1v) is 4.99. The average Bonchev–Trinajstić information content (AvgIpc) is 2.32. The van der Waals surface area contributed by atoms with Gasteiger partial charge in [-0.25, -0.2) is 4.79 Å². The summed E-state index contributed by atoms with van der Waals surface area (Å²) < 4.78 is 15.2. The topological polar surface area (TPSA) is 68.6 Å². The van der Waals surface area contributed by atoms with E-state index in [1.165, 1.54) is 0 Å². The normalized spacial score (nSPS) is 13.6. The Hall–Kier alpha value is -1.38. The van der Waals surface area contributed by atoms with E-state index in [2.05, 4.69) is 6.58 Å². The van der Waals surface area contributed by atoms with Crippen LogP contribution in [-0.2, 0) is 19.0 Å². The summed E-state index contributed by atoms with van der Waals surface area (Å²) in [4.78, 5) is 11.2. The van der Waals surface area contributed by atoms with Gasteiger partial charge in [-0.2, -0.15) is 5.26 Å². The Morgan fingerprint density at radius 1 is 1.56 bits per heavy atom. The second-order valence-corrected chi connectivity index (χ2v) is 3.21. The summed E-state index contributed by atoms with van der Waals surface area (Å²) in [7, 11) is 1.57. The van der Waals surface area contributed by atoms with Crippen molar-refractivity contribution in [2.24, 2.45) is 0 Å². The molecule has 0 aliphatic heterocycles. The van der Waals surface area contributed by atoms with E-state index >= 15 is 0 Å². The molecule has 0 saturated heterocycles. The Balaban J connectivity index is 4.06. The van der Waals surface area contributed by atoms with Crippen LogP contribution in [0.25, 0.3) is 0 Å². The highest BCUT2D eigenvalue weighted by molar-refractivity contribution is 5.91. The molecule has 0 amide bonds. The van der Waals surface area contributed by atoms with Crippen LogP contribution in [0, 0.1) is 11.3 Å². The monoisotopic (exact) mass is 227 g/mol. The first-order valence-electron chi connectivity index (χ1n) is 4.99. The van der Waals surface area contributed by atoms with Gasteiger partial charge in [-0.1, -0.05) is 13.5 Å². The van der Waals surface area contributed by atoms with Gasteiger partial charge >= 0.3 is 5.97 Å². The van der Waals surface area contributed by atoms with Gasteiger partial charge in [-0.15, -0.1) is 0 Å². The van der Waals surface area contributed by atoms with Crippen molar-refractivity contribution in [3.05, 3.63) is 12.2 Å². The molecule has 0 fully saturated rings. The lowest BCUT2D eigenvalue weighted by molar-refractivity contribution is -0.180. The molecule has 2 unspecified atom stereocenters. The van der Waals surface area contributed by atoms with Gasteiger partial charge in [0.25, 0.3) is 0 Å². The van der Waals surface area contributed by atoms with Gasteiger partial charge in [-0.3, -0.25) is 0 Å². The van der Waals surface area contributed by atoms with Gasteiger partial charge < -0.3 is 14.2 Å². The SMILES string of the molecule is C=C(C#N)C(=O)OC(CC)OCC(C)OC. The summed E-state index contributed by atoms with van der Waals surface area (Å²) in [6.07, 6.45) is -0.247. The predicted octanol–water partition coefficient (Wildman–Crippen LogP) is 1.40. The Kier molecular flexibility index (Phi) is 7.18. The van der Waals surface area contributed by atoms with Crippen molar-refractivity contribution in [2.75, 3.05) is 13.7 Å². The molecule has 0 bridgehead atoms. The Morgan fingerprint density at radius 2 is 2.19 bits per heavy atom. The number of nitrogens with zero attached hydrogens (tertiary/aromatic N) is 1. The van der Waals surface area contributed by atoms with Crippen molar-refractivity contribution in [1.29, 1.82) is 5.26 Å². The lowest BCUT2D eigenvalue weighted by Crippen LogP contribution is -2.25. The Labute approximate surface area is 95.6 Å². The number of hydrogen-bond acceptors (Lipinski definition) is 5. The number of hydrogen-bond donors (Lipinski definition) is 0. The van der Waals surface area contributed by atoms with Crippen molar-refractivity contribution >= 4 is 5.97 Å². The second kappa shape index (κ2) is 7.85. The van der Waals surface area contributed by atoms with Crippen LogP contribution in [0.15, 0.2) is 12.2 Å². The summed E-state index contributed by atoms with van der Waals surface area (Å²) in [5, 5.41) is 8.44. The molecule has 90 valence electrons. The summed E-state index contributed by atoms with van der Waals surface area (Å²) in [6, 6.07) is 1.62. The van der Waals surface area contributed by atoms with Crippen molar-refractivity contribution in [2.45, 2.75) is 32.7 Å². The molecule has 0 N–H and O–H groups in total. The molecule has 0 aliphatic carbocycles. The fourth-order valence-corrected chi connectivity index (χ4v) is 0.782. The number of nitriles is 1. The van der Waals surface area contributed by atoms with E-state index in [-0.39, 0.29) is 11.7 Å². The first-order chi connectivity index (χ1) is 7.54. The summed E-state index contributed by atoms with van der Waals surface area (Å²) >= 11 is 0. The van der Waals surface area contributed by atoms with Gasteiger partial charge in [0.05, 0.1) is 12.7 Å². The lowest BCUT2D eigenvalue weighted by atomic mass is 10.3. The molecule has 0 saturated carbocycles. The molecule has 0 aromatic rings. The maximum atomic E-state index is 11.2. The molecule has 0 rings (SSSR count). The molecular formula is C11H17NO4. The highest BCUT2D eigenvalue weighted by Gasteiger charge is 2.16. The van der Waals surface area contributed by atoms with E-state index in [0.29, 0.717) is 13.0 Å². The van der Waals surface area contributed by atoms with E-state index in [9.17, 15) is 4.79 Å². The van der Waals surface area contributed by atoms with Gasteiger partial charge in [0.15, 0.2) is 0 Å². The molecule has 0 heterocycles. The first kappa shape index (κ1) is 14.6. The second-order valence-electron chi connectivity index (χ2n) is 3.21. The minimum Gasteiger partial charge on any atom is -0.432 e. The minimum absolute atomic E-state index is 0.0769. The smallest absolute Gasteiger partial charge is 0.350 e. The van der Waals surface area contributed by atoms with Gasteiger partial charge in [0.1, 0.15) is 11.6 Å². The number of ether oxygens (including phenoxy) is 3. The third-order valence-corrected chi connectivity index (χ3v) is 1.87. The zero-order valence-corrected chi connectivity index (χ0v) is 9.86. The molecule has 0 aromatic heterocycles. The molecule has 0 radical (unpaired) electrons. The van der Waals surface area contributed by atoms with E-state index in [1.807, 2.05) is 13.8 Å². The highest BCUT2D eigenvalue weighted by atomic mass is 16.7. The van der Waals surface area contributed by atoms with Gasteiger partial charge in [0.2, 0.25) is 6.29 Å². The number of carbonyl (C=O) groups excluding carboxylic acids is 1. The van der Waals surface area contributed by atoms with Crippen molar-refractivity contribution < 1.29 is 19.0 Å². The third-order valence-electron chi connectivity index (χ3n) is 1.87. The number of rotatable bonds is 7. The van der Waals surface area contributed by atoms with Crippen molar-refractivity contribution in [3.63, 3.8) is 0 Å². The van der Waals surface area contributed by atoms with Crippen LogP contribution in [-0.4, -0.2) is 32.1 Å². The molecule has 0 aromatic carbocycles. The van der Waals surface area contributed by atoms with Crippen LogP contribution in [0.3, 0.4) is 0 Å². The zero-order chi connectivity index (χ0) is 12.6. The maximum absolute atomic E-state index is 11.2. The predicted molar refractivity (Wildman–Crippen MR) is 57.3 cm³/mol. The average molecular weight is 227 g/mol. The standard InChI is InChI=1S/C11H17NO4/c1-5-10(15-7-9(3)14-4)16-11(13)8(2)6-12/h9-10H,2,5,7H2,1,3-4H3. The van der Waals surface area contributed by atoms with E-state index in [1.54, 1.807) is 13.2 Å². The lowest BCUT2D eigenvalue weighted by Gasteiger charge is -2.18. The fourth-order valence-electron chi connectivity index (χ4n) is 0.782. The molecule has 2 atom stereocenters. The molecule has 0 aliphatic rings. The summed E-state index contributed by atoms with van der Waals surface area (Å²) in [5.41, 5.74) is -0.234. The van der Waals surface area contributed by atoms with E-state index < -0.39 is 12.3 Å². The molecule has 5 nitrogen and oxygen atoms in total. The quantitative estimate of drug-likeness (QED) is 0.284. The third kappa shape index (κ3) is 5.49. The van der Waals surface area contributed by atoms with Crippen LogP contribution in [0.4, 0.5) is 0 Å². The number of methoxy groups -OCH3 is 1. The van der Waals surface area contributed by atoms with Crippen molar-refractivity contribution in [3.8, 4) is 6.07 Å². The largest absolute Gasteiger partial charge is 0.432 e. The Bertz CT molecular complexity index is 282. The van der Waals surface area contributed by atoms with Crippen LogP contribution in [0.5, 0.6) is 0 Å². The molecular weight excluding hydrogens is 210 g/mol. The molecule has 5 heteroatoms. The maximum Gasteiger partial charge on any atom is 0.350 e. The fraction of sp³-hybridized carbons (Fsp3) is 0.636. The van der Waals surface area contributed by atoms with Gasteiger partial charge in [-0.05, 0) is 6.92 Å². The van der Waals surface area contributed by atoms with Gasteiger partial charge in [0, 0.05) is 13.5 Å².